The highest BCUT2D eigenvalue weighted by Gasteiger charge is 1.22. The van der Waals surface area contributed by atoms with E-state index in [9.17, 15) is 0 Å². The molecule has 5 heteroatoms. The second-order valence-electron chi connectivity index (χ2n) is 0.189. The van der Waals surface area contributed by atoms with E-state index in [4.69, 9.17) is 24.3 Å². The summed E-state index contributed by atoms with van der Waals surface area (Å²) < 4.78 is 0. The predicted octanol–water partition coefficient (Wildman–Crippen LogP) is -1.07. The molecule has 1 N–H and O–H groups in total. The van der Waals surface area contributed by atoms with Gasteiger partial charge in [0.1, 0.15) is 6.79 Å². The molecule has 0 aromatic heterocycles. The topological polar surface area (TPSA) is 88.5 Å². The third kappa shape index (κ3) is 25.6. The molecule has 0 heterocycles. The minimum atomic E-state index is -0.250. The Labute approximate surface area is 44.9 Å². The Bertz CT molecular complexity index is 62.1. The first-order valence-corrected chi connectivity index (χ1v) is 1.19. The number of hydrogen-bond donors (Lipinski definition) is 1. The van der Waals surface area contributed by atoms with E-state index in [2.05, 4.69) is 0 Å². The molecule has 0 aromatic rings. The van der Waals surface area contributed by atoms with Crippen LogP contribution in [0.3, 0.4) is 0 Å². The zero-order valence-electron chi connectivity index (χ0n) is 3.86. The fourth-order valence-electron chi connectivity index (χ4n) is 0. The van der Waals surface area contributed by atoms with Crippen LogP contribution in [0, 0.1) is 0 Å². The van der Waals surface area contributed by atoms with Gasteiger partial charge in [0.15, 0.2) is 0 Å². The van der Waals surface area contributed by atoms with Crippen molar-refractivity contribution in [3.8, 4) is 0 Å². The molecule has 0 aromatic carbocycles. The Hall–Kier alpha value is -1.48. The highest BCUT2D eigenvalue weighted by atomic mass is 16.3. The normalized spacial score (nSPS) is 3.00. The zero-order chi connectivity index (χ0) is 7.41. The second-order valence-corrected chi connectivity index (χ2v) is 0.189. The number of hydrogen-bond acceptors (Lipinski definition) is 4. The van der Waals surface area contributed by atoms with Crippen molar-refractivity contribution in [2.45, 2.75) is 0 Å². The van der Waals surface area contributed by atoms with Gasteiger partial charge in [-0.3, -0.25) is 4.79 Å². The van der Waals surface area contributed by atoms with Gasteiger partial charge in [-0.05, 0) is 0 Å². The van der Waals surface area contributed by atoms with Gasteiger partial charge in [0.2, 0.25) is 0 Å². The standard InChI is InChI=1S/CH2O2.CO2.CH2O/c2*2-1-3;1-2/h1H,(H,2,3);;1H2. The molecule has 0 atom stereocenters. The van der Waals surface area contributed by atoms with E-state index in [1.807, 2.05) is 6.79 Å². The Morgan fingerprint density at radius 3 is 1.38 bits per heavy atom. The van der Waals surface area contributed by atoms with Crippen LogP contribution in [0.2, 0.25) is 0 Å². The van der Waals surface area contributed by atoms with Crippen LogP contribution < -0.4 is 0 Å². The van der Waals surface area contributed by atoms with E-state index >= 15 is 0 Å². The minimum Gasteiger partial charge on any atom is -0.483 e. The molecule has 0 saturated carbocycles. The molecule has 0 radical (unpaired) electrons. The average molecular weight is 120 g/mol. The third-order valence-corrected chi connectivity index (χ3v) is 0. The van der Waals surface area contributed by atoms with Gasteiger partial charge < -0.3 is 9.90 Å². The molecular weight excluding hydrogens is 116 g/mol. The van der Waals surface area contributed by atoms with Crippen LogP contribution in [0.1, 0.15) is 0 Å². The van der Waals surface area contributed by atoms with Gasteiger partial charge in [0, 0.05) is 0 Å². The Morgan fingerprint density at radius 1 is 1.38 bits per heavy atom. The van der Waals surface area contributed by atoms with Crippen LogP contribution in [-0.4, -0.2) is 24.5 Å². The molecule has 0 aliphatic heterocycles. The first-order chi connectivity index (χ1) is 3.83. The van der Waals surface area contributed by atoms with E-state index in [0.717, 1.165) is 0 Å². The summed E-state index contributed by atoms with van der Waals surface area (Å²) in [6, 6.07) is 0. The molecule has 0 unspecified atom stereocenters. The summed E-state index contributed by atoms with van der Waals surface area (Å²) in [5, 5.41) is 6.89. The molecule has 46 valence electrons. The van der Waals surface area contributed by atoms with Crippen LogP contribution in [0.5, 0.6) is 0 Å². The molecular formula is C3H4O5. The minimum absolute atomic E-state index is 0.250. The molecule has 0 aliphatic carbocycles. The highest BCUT2D eigenvalue weighted by molar-refractivity contribution is 5.32. The van der Waals surface area contributed by atoms with Crippen molar-refractivity contribution >= 4 is 19.4 Å². The van der Waals surface area contributed by atoms with E-state index in [-0.39, 0.29) is 12.6 Å². The van der Waals surface area contributed by atoms with Crippen molar-refractivity contribution in [3.63, 3.8) is 0 Å². The summed E-state index contributed by atoms with van der Waals surface area (Å²) in [5.74, 6) is 0. The summed E-state index contributed by atoms with van der Waals surface area (Å²) >= 11 is 0. The fourth-order valence-corrected chi connectivity index (χ4v) is 0. The Kier molecular flexibility index (Phi) is 836. The smallest absolute Gasteiger partial charge is 0.373 e. The van der Waals surface area contributed by atoms with Crippen molar-refractivity contribution in [1.82, 2.24) is 0 Å². The maximum absolute atomic E-state index is 8.36. The first kappa shape index (κ1) is 16.0. The van der Waals surface area contributed by atoms with Gasteiger partial charge in [-0.2, -0.15) is 9.59 Å². The van der Waals surface area contributed by atoms with Crippen molar-refractivity contribution in [1.29, 1.82) is 0 Å². The number of carbonyl (C=O) groups excluding carboxylic acids is 3. The molecule has 0 amide bonds. The molecule has 0 aliphatic rings. The molecule has 0 spiro atoms. The molecule has 0 saturated heterocycles. The lowest BCUT2D eigenvalue weighted by molar-refractivity contribution is -0.191. The third-order valence-electron chi connectivity index (χ3n) is 0. The lowest BCUT2D eigenvalue weighted by Crippen LogP contribution is -1.49. The predicted molar refractivity (Wildman–Crippen MR) is 20.8 cm³/mol. The van der Waals surface area contributed by atoms with Crippen LogP contribution in [0.25, 0.3) is 0 Å². The fraction of sp³-hybridized carbons (Fsp3) is 0. The molecule has 0 fully saturated rings. The van der Waals surface area contributed by atoms with Crippen molar-refractivity contribution in [2.24, 2.45) is 0 Å². The van der Waals surface area contributed by atoms with E-state index in [1.165, 1.54) is 0 Å². The van der Waals surface area contributed by atoms with Crippen LogP contribution in [0.15, 0.2) is 0 Å². The van der Waals surface area contributed by atoms with Crippen LogP contribution in [-0.2, 0) is 19.2 Å². The van der Waals surface area contributed by atoms with Gasteiger partial charge >= 0.3 is 6.15 Å². The van der Waals surface area contributed by atoms with Crippen LogP contribution >= 0.6 is 0 Å². The maximum Gasteiger partial charge on any atom is 0.373 e. The van der Waals surface area contributed by atoms with Crippen molar-refractivity contribution in [2.75, 3.05) is 0 Å². The molecule has 0 bridgehead atoms. The second kappa shape index (κ2) is 417. The quantitative estimate of drug-likeness (QED) is 0.411. The summed E-state index contributed by atoms with van der Waals surface area (Å²) in [6.07, 6.45) is 0.250. The maximum atomic E-state index is 8.36. The SMILES string of the molecule is C=O.O=C=O.O=CO. The van der Waals surface area contributed by atoms with Crippen molar-refractivity contribution < 1.29 is 24.3 Å². The summed E-state index contributed by atoms with van der Waals surface area (Å²) in [7, 11) is 0. The lowest BCUT2D eigenvalue weighted by atomic mass is 11.7. The number of carboxylic acid groups (broad SMARTS) is 1. The van der Waals surface area contributed by atoms with Crippen LogP contribution in [0.4, 0.5) is 0 Å². The summed E-state index contributed by atoms with van der Waals surface area (Å²) in [6.45, 7) is 1.75. The zero-order valence-corrected chi connectivity index (χ0v) is 3.86. The van der Waals surface area contributed by atoms with E-state index in [0.29, 0.717) is 0 Å². The first-order valence-electron chi connectivity index (χ1n) is 1.19. The Morgan fingerprint density at radius 2 is 1.38 bits per heavy atom. The number of carbonyl (C=O) groups is 2. The monoisotopic (exact) mass is 120 g/mol. The number of rotatable bonds is 0. The van der Waals surface area contributed by atoms with Gasteiger partial charge in [0.25, 0.3) is 6.47 Å². The largest absolute Gasteiger partial charge is 0.483 e. The molecule has 8 heavy (non-hydrogen) atoms. The molecule has 5 nitrogen and oxygen atoms in total. The van der Waals surface area contributed by atoms with Gasteiger partial charge in [-0.1, -0.05) is 0 Å². The summed E-state index contributed by atoms with van der Waals surface area (Å²) in [5.41, 5.74) is 0. The van der Waals surface area contributed by atoms with Gasteiger partial charge in [0.05, 0.1) is 0 Å². The van der Waals surface area contributed by atoms with E-state index in [1.54, 1.807) is 0 Å². The summed E-state index contributed by atoms with van der Waals surface area (Å²) in [4.78, 5) is 32.6. The molecule has 0 rings (SSSR count). The van der Waals surface area contributed by atoms with Gasteiger partial charge in [-0.25, -0.2) is 0 Å². The van der Waals surface area contributed by atoms with Crippen molar-refractivity contribution in [3.05, 3.63) is 0 Å². The highest BCUT2D eigenvalue weighted by Crippen LogP contribution is 0.966. The lowest BCUT2D eigenvalue weighted by Gasteiger charge is -1.34. The average Bonchev–Trinajstić information content (AvgIpc) is 1.75. The Balaban J connectivity index is -0.0000000483. The van der Waals surface area contributed by atoms with E-state index < -0.39 is 0 Å². The van der Waals surface area contributed by atoms with Gasteiger partial charge in [-0.15, -0.1) is 0 Å².